The van der Waals surface area contributed by atoms with E-state index < -0.39 is 0 Å². The van der Waals surface area contributed by atoms with E-state index in [1.165, 1.54) is 5.56 Å². The summed E-state index contributed by atoms with van der Waals surface area (Å²) in [5, 5.41) is 10.6. The molecule has 7 nitrogen and oxygen atoms in total. The van der Waals surface area contributed by atoms with Crippen LogP contribution in [-0.2, 0) is 13.1 Å². The predicted molar refractivity (Wildman–Crippen MR) is 104 cm³/mol. The van der Waals surface area contributed by atoms with Gasteiger partial charge in [0.2, 0.25) is 5.95 Å². The molecule has 1 fully saturated rings. The number of H-pyrrole nitrogens is 1. The number of rotatable bonds is 6. The van der Waals surface area contributed by atoms with E-state index in [1.807, 2.05) is 37.5 Å². The maximum atomic E-state index is 4.51. The van der Waals surface area contributed by atoms with Crippen LogP contribution in [0.4, 0.5) is 5.95 Å². The van der Waals surface area contributed by atoms with Gasteiger partial charge in [-0.3, -0.25) is 10.00 Å². The van der Waals surface area contributed by atoms with E-state index in [2.05, 4.69) is 47.5 Å². The van der Waals surface area contributed by atoms with Crippen molar-refractivity contribution in [2.24, 2.45) is 0 Å². The van der Waals surface area contributed by atoms with Crippen molar-refractivity contribution >= 4 is 5.95 Å². The maximum Gasteiger partial charge on any atom is 0.222 e. The molecule has 7 heteroatoms. The average molecular weight is 363 g/mol. The molecule has 3 heterocycles. The predicted octanol–water partition coefficient (Wildman–Crippen LogP) is 2.89. The Morgan fingerprint density at radius 1 is 1.15 bits per heavy atom. The van der Waals surface area contributed by atoms with Crippen molar-refractivity contribution in [3.8, 4) is 0 Å². The molecule has 140 valence electrons. The van der Waals surface area contributed by atoms with E-state index in [0.717, 1.165) is 56.2 Å². The lowest BCUT2D eigenvalue weighted by atomic mass is 9.97. The first-order valence-corrected chi connectivity index (χ1v) is 9.46. The number of piperidine rings is 1. The lowest BCUT2D eigenvalue weighted by molar-refractivity contribution is 0.196. The third-order valence-electron chi connectivity index (χ3n) is 4.89. The summed E-state index contributed by atoms with van der Waals surface area (Å²) < 4.78 is 0. The molecule has 1 atom stereocenters. The number of nitrogens with one attached hydrogen (secondary N) is 2. The van der Waals surface area contributed by atoms with Gasteiger partial charge in [-0.2, -0.15) is 5.10 Å². The summed E-state index contributed by atoms with van der Waals surface area (Å²) in [6, 6.07) is 10.3. The number of anilines is 1. The van der Waals surface area contributed by atoms with Gasteiger partial charge in [0.05, 0.1) is 0 Å². The summed E-state index contributed by atoms with van der Waals surface area (Å²) in [7, 11) is 0. The van der Waals surface area contributed by atoms with Crippen LogP contribution in [0.3, 0.4) is 0 Å². The highest BCUT2D eigenvalue weighted by atomic mass is 15.2. The second kappa shape index (κ2) is 8.26. The van der Waals surface area contributed by atoms with E-state index in [0.29, 0.717) is 11.9 Å². The largest absolute Gasteiger partial charge is 0.350 e. The minimum atomic E-state index is 0.399. The Labute approximate surface area is 159 Å². The van der Waals surface area contributed by atoms with Crippen LogP contribution in [0.25, 0.3) is 0 Å². The monoisotopic (exact) mass is 363 g/mol. The summed E-state index contributed by atoms with van der Waals surface area (Å²) in [4.78, 5) is 15.9. The minimum absolute atomic E-state index is 0.399. The highest BCUT2D eigenvalue weighted by Crippen LogP contribution is 2.25. The summed E-state index contributed by atoms with van der Waals surface area (Å²) in [6.07, 6.45) is 6.14. The Bertz CT molecular complexity index is 844. The first-order chi connectivity index (χ1) is 13.3. The third-order valence-corrected chi connectivity index (χ3v) is 4.89. The second-order valence-corrected chi connectivity index (χ2v) is 7.11. The van der Waals surface area contributed by atoms with Gasteiger partial charge in [-0.05, 0) is 31.9 Å². The van der Waals surface area contributed by atoms with Gasteiger partial charge >= 0.3 is 0 Å². The Balaban J connectivity index is 1.31. The fourth-order valence-electron chi connectivity index (χ4n) is 3.52. The molecule has 4 rings (SSSR count). The Kier molecular flexibility index (Phi) is 5.39. The Morgan fingerprint density at radius 2 is 1.96 bits per heavy atom. The van der Waals surface area contributed by atoms with Crippen molar-refractivity contribution in [1.29, 1.82) is 0 Å². The molecule has 0 saturated carbocycles. The molecule has 1 aliphatic rings. The molecule has 0 amide bonds. The molecule has 2 N–H and O–H groups in total. The molecular formula is C20H25N7. The number of benzene rings is 1. The van der Waals surface area contributed by atoms with Crippen LogP contribution >= 0.6 is 0 Å². The highest BCUT2D eigenvalue weighted by molar-refractivity contribution is 5.28. The van der Waals surface area contributed by atoms with Gasteiger partial charge in [-0.25, -0.2) is 15.0 Å². The van der Waals surface area contributed by atoms with Gasteiger partial charge in [0, 0.05) is 43.5 Å². The number of aryl methyl sites for hydroxylation is 1. The van der Waals surface area contributed by atoms with Crippen molar-refractivity contribution in [2.45, 2.75) is 38.8 Å². The van der Waals surface area contributed by atoms with Crippen LogP contribution in [0.2, 0.25) is 0 Å². The summed E-state index contributed by atoms with van der Waals surface area (Å²) >= 11 is 0. The number of aromatic amines is 1. The zero-order valence-electron chi connectivity index (χ0n) is 15.6. The van der Waals surface area contributed by atoms with Gasteiger partial charge < -0.3 is 5.32 Å². The quantitative estimate of drug-likeness (QED) is 0.701. The van der Waals surface area contributed by atoms with E-state index in [-0.39, 0.29) is 0 Å². The number of likely N-dealkylation sites (tertiary alicyclic amines) is 1. The first kappa shape index (κ1) is 17.6. The van der Waals surface area contributed by atoms with Crippen LogP contribution in [0.15, 0.2) is 42.7 Å². The molecular weight excluding hydrogens is 338 g/mol. The molecule has 0 spiro atoms. The van der Waals surface area contributed by atoms with Crippen LogP contribution in [-0.4, -0.2) is 43.1 Å². The van der Waals surface area contributed by atoms with Gasteiger partial charge in [-0.1, -0.05) is 30.3 Å². The van der Waals surface area contributed by atoms with Gasteiger partial charge in [-0.15, -0.1) is 0 Å². The fraction of sp³-hybridized carbons (Fsp3) is 0.400. The van der Waals surface area contributed by atoms with E-state index >= 15 is 0 Å². The average Bonchev–Trinajstić information content (AvgIpc) is 3.15. The number of hydrogen-bond donors (Lipinski definition) is 2. The lowest BCUT2D eigenvalue weighted by Gasteiger charge is -2.31. The van der Waals surface area contributed by atoms with Gasteiger partial charge in [0.1, 0.15) is 5.82 Å². The zero-order valence-corrected chi connectivity index (χ0v) is 15.6. The summed E-state index contributed by atoms with van der Waals surface area (Å²) in [6.45, 7) is 5.60. The van der Waals surface area contributed by atoms with E-state index in [1.54, 1.807) is 0 Å². The molecule has 0 bridgehead atoms. The molecule has 0 aliphatic carbocycles. The summed E-state index contributed by atoms with van der Waals surface area (Å²) in [5.41, 5.74) is 2.35. The van der Waals surface area contributed by atoms with Crippen LogP contribution < -0.4 is 5.32 Å². The molecule has 1 saturated heterocycles. The summed E-state index contributed by atoms with van der Waals surface area (Å²) in [5.74, 6) is 2.88. The van der Waals surface area contributed by atoms with Gasteiger partial charge in [0.25, 0.3) is 0 Å². The number of nitrogens with zero attached hydrogens (tertiary/aromatic N) is 5. The minimum Gasteiger partial charge on any atom is -0.350 e. The first-order valence-electron chi connectivity index (χ1n) is 9.46. The van der Waals surface area contributed by atoms with Crippen molar-refractivity contribution < 1.29 is 0 Å². The zero-order chi connectivity index (χ0) is 18.5. The van der Waals surface area contributed by atoms with Gasteiger partial charge in [0.15, 0.2) is 5.82 Å². The molecule has 1 aliphatic heterocycles. The van der Waals surface area contributed by atoms with Crippen molar-refractivity contribution in [2.75, 3.05) is 18.4 Å². The fourth-order valence-corrected chi connectivity index (χ4v) is 3.52. The topological polar surface area (TPSA) is 82.6 Å². The van der Waals surface area contributed by atoms with Crippen molar-refractivity contribution in [1.82, 2.24) is 30.0 Å². The highest BCUT2D eigenvalue weighted by Gasteiger charge is 2.24. The normalized spacial score (nSPS) is 17.7. The van der Waals surface area contributed by atoms with Crippen LogP contribution in [0.5, 0.6) is 0 Å². The molecule has 0 radical (unpaired) electrons. The number of aromatic nitrogens is 5. The third kappa shape index (κ3) is 4.68. The Hall–Kier alpha value is -2.80. The molecule has 3 aromatic rings. The molecule has 0 unspecified atom stereocenters. The second-order valence-electron chi connectivity index (χ2n) is 7.11. The molecule has 1 aromatic carbocycles. The maximum absolute atomic E-state index is 4.51. The van der Waals surface area contributed by atoms with Crippen LogP contribution in [0.1, 0.15) is 41.5 Å². The smallest absolute Gasteiger partial charge is 0.222 e. The Morgan fingerprint density at radius 3 is 2.70 bits per heavy atom. The standard InChI is InChI=1S/C20H25N7/c1-15-24-19(26-25-15)18-8-5-9-27(14-18)13-17-11-22-20(23-12-17)21-10-16-6-3-2-4-7-16/h2-4,6-7,11-12,18H,5,8-10,13-14H2,1H3,(H,21,22,23)(H,24,25,26)/t18-/m1/s1. The molecule has 2 aromatic heterocycles. The van der Waals surface area contributed by atoms with Crippen molar-refractivity contribution in [3.05, 3.63) is 65.5 Å². The van der Waals surface area contributed by atoms with E-state index in [9.17, 15) is 0 Å². The van der Waals surface area contributed by atoms with E-state index in [4.69, 9.17) is 0 Å². The lowest BCUT2D eigenvalue weighted by Crippen LogP contribution is -2.34. The number of hydrogen-bond acceptors (Lipinski definition) is 6. The SMILES string of the molecule is Cc1nc([C@@H]2CCCN(Cc3cnc(NCc4ccccc4)nc3)C2)n[nH]1. The van der Waals surface area contributed by atoms with Crippen LogP contribution in [0, 0.1) is 6.92 Å². The molecule has 27 heavy (non-hydrogen) atoms. The van der Waals surface area contributed by atoms with Crippen molar-refractivity contribution in [3.63, 3.8) is 0 Å².